The number of furan rings is 1. The van der Waals surface area contributed by atoms with Gasteiger partial charge in [-0.15, -0.1) is 11.3 Å². The first-order valence-corrected chi connectivity index (χ1v) is 7.27. The summed E-state index contributed by atoms with van der Waals surface area (Å²) < 4.78 is 12.1. The first-order chi connectivity index (χ1) is 10.1. The van der Waals surface area contributed by atoms with Gasteiger partial charge in [0.25, 0.3) is 0 Å². The molecule has 0 atom stereocenters. The Balaban J connectivity index is 2.23. The highest BCUT2D eigenvalue weighted by Gasteiger charge is 2.22. The van der Waals surface area contributed by atoms with Gasteiger partial charge in [0.2, 0.25) is 0 Å². The molecule has 0 aliphatic rings. The van der Waals surface area contributed by atoms with Crippen molar-refractivity contribution in [3.63, 3.8) is 0 Å². The molecule has 0 aliphatic heterocycles. The third kappa shape index (κ3) is 2.27. The Kier molecular flexibility index (Phi) is 3.39. The summed E-state index contributed by atoms with van der Waals surface area (Å²) in [7, 11) is 1.38. The monoisotopic (exact) mass is 302 g/mol. The van der Waals surface area contributed by atoms with Gasteiger partial charge in [-0.05, 0) is 43.0 Å². The van der Waals surface area contributed by atoms with Gasteiger partial charge in [0.15, 0.2) is 5.76 Å². The molecular weight excluding hydrogens is 288 g/mol. The van der Waals surface area contributed by atoms with Crippen molar-refractivity contribution in [1.82, 2.24) is 9.78 Å². The molecule has 6 heteroatoms. The van der Waals surface area contributed by atoms with E-state index in [2.05, 4.69) is 5.10 Å². The minimum absolute atomic E-state index is 0.360. The SMILES string of the molecule is COC(=O)c1scc(C)c1-n1nc(C)cc1-c1ccco1. The van der Waals surface area contributed by atoms with Crippen LogP contribution in [0.5, 0.6) is 0 Å². The lowest BCUT2D eigenvalue weighted by atomic mass is 10.2. The minimum atomic E-state index is -0.360. The van der Waals surface area contributed by atoms with Crippen LogP contribution in [0.2, 0.25) is 0 Å². The lowest BCUT2D eigenvalue weighted by Crippen LogP contribution is -2.07. The highest BCUT2D eigenvalue weighted by molar-refractivity contribution is 7.12. The number of methoxy groups -OCH3 is 1. The molecule has 3 aromatic heterocycles. The number of carbonyl (C=O) groups excluding carboxylic acids is 1. The molecule has 0 saturated carbocycles. The zero-order valence-corrected chi connectivity index (χ0v) is 12.7. The van der Waals surface area contributed by atoms with E-state index < -0.39 is 0 Å². The molecule has 0 aliphatic carbocycles. The number of thiophene rings is 1. The van der Waals surface area contributed by atoms with Crippen LogP contribution in [-0.4, -0.2) is 22.9 Å². The Morgan fingerprint density at radius 2 is 2.24 bits per heavy atom. The fourth-order valence-corrected chi connectivity index (χ4v) is 3.15. The summed E-state index contributed by atoms with van der Waals surface area (Å²) in [5, 5.41) is 6.42. The van der Waals surface area contributed by atoms with Crippen LogP contribution in [0.25, 0.3) is 17.1 Å². The largest absolute Gasteiger partial charge is 0.465 e. The summed E-state index contributed by atoms with van der Waals surface area (Å²) in [4.78, 5) is 12.5. The van der Waals surface area contributed by atoms with Gasteiger partial charge in [-0.3, -0.25) is 0 Å². The number of carbonyl (C=O) groups is 1. The lowest BCUT2D eigenvalue weighted by molar-refractivity contribution is 0.0606. The maximum absolute atomic E-state index is 11.9. The Morgan fingerprint density at radius 3 is 2.90 bits per heavy atom. The van der Waals surface area contributed by atoms with E-state index in [0.29, 0.717) is 10.6 Å². The Morgan fingerprint density at radius 1 is 1.43 bits per heavy atom. The zero-order chi connectivity index (χ0) is 15.0. The summed E-state index contributed by atoms with van der Waals surface area (Å²) in [5.74, 6) is 0.346. The first kappa shape index (κ1) is 13.6. The molecule has 0 amide bonds. The molecule has 108 valence electrons. The number of ether oxygens (including phenoxy) is 1. The van der Waals surface area contributed by atoms with Gasteiger partial charge in [0.05, 0.1) is 24.8 Å². The Hall–Kier alpha value is -2.34. The van der Waals surface area contributed by atoms with Crippen molar-refractivity contribution < 1.29 is 13.9 Å². The van der Waals surface area contributed by atoms with Gasteiger partial charge < -0.3 is 9.15 Å². The van der Waals surface area contributed by atoms with Gasteiger partial charge in [-0.1, -0.05) is 0 Å². The number of nitrogens with zero attached hydrogens (tertiary/aromatic N) is 2. The van der Waals surface area contributed by atoms with Crippen molar-refractivity contribution in [3.8, 4) is 17.1 Å². The third-order valence-electron chi connectivity index (χ3n) is 3.13. The molecule has 0 N–H and O–H groups in total. The van der Waals surface area contributed by atoms with Crippen LogP contribution < -0.4 is 0 Å². The lowest BCUT2D eigenvalue weighted by Gasteiger charge is -2.08. The van der Waals surface area contributed by atoms with Gasteiger partial charge in [-0.2, -0.15) is 5.10 Å². The highest BCUT2D eigenvalue weighted by Crippen LogP contribution is 2.31. The van der Waals surface area contributed by atoms with E-state index in [1.54, 1.807) is 10.9 Å². The second kappa shape index (κ2) is 5.21. The summed E-state index contributed by atoms with van der Waals surface area (Å²) in [6.45, 7) is 3.85. The van der Waals surface area contributed by atoms with Gasteiger partial charge >= 0.3 is 5.97 Å². The van der Waals surface area contributed by atoms with Crippen LogP contribution in [0, 0.1) is 13.8 Å². The topological polar surface area (TPSA) is 57.3 Å². The van der Waals surface area contributed by atoms with Crippen LogP contribution >= 0.6 is 11.3 Å². The highest BCUT2D eigenvalue weighted by atomic mass is 32.1. The molecule has 3 aromatic rings. The molecule has 0 spiro atoms. The van der Waals surface area contributed by atoms with Crippen LogP contribution in [0.15, 0.2) is 34.3 Å². The molecule has 0 saturated heterocycles. The molecule has 0 aromatic carbocycles. The smallest absolute Gasteiger partial charge is 0.350 e. The fraction of sp³-hybridized carbons (Fsp3) is 0.200. The molecule has 5 nitrogen and oxygen atoms in total. The van der Waals surface area contributed by atoms with Crippen molar-refractivity contribution in [3.05, 3.63) is 46.0 Å². The van der Waals surface area contributed by atoms with Crippen molar-refractivity contribution in [2.75, 3.05) is 7.11 Å². The molecule has 3 heterocycles. The third-order valence-corrected chi connectivity index (χ3v) is 4.20. The molecule has 21 heavy (non-hydrogen) atoms. The summed E-state index contributed by atoms with van der Waals surface area (Å²) in [6.07, 6.45) is 1.61. The second-order valence-corrected chi connectivity index (χ2v) is 5.53. The zero-order valence-electron chi connectivity index (χ0n) is 11.9. The summed E-state index contributed by atoms with van der Waals surface area (Å²) >= 11 is 1.35. The standard InChI is InChI=1S/C15H14N2O3S/c1-9-8-21-14(15(18)19-3)13(9)17-11(7-10(2)16-17)12-5-4-6-20-12/h4-8H,1-3H3. The normalized spacial score (nSPS) is 10.8. The van der Waals surface area contributed by atoms with Crippen molar-refractivity contribution in [2.45, 2.75) is 13.8 Å². The molecule has 3 rings (SSSR count). The minimum Gasteiger partial charge on any atom is -0.465 e. The predicted octanol–water partition coefficient (Wildman–Crippen LogP) is 3.60. The number of esters is 1. The van der Waals surface area contributed by atoms with Crippen LogP contribution in [-0.2, 0) is 4.74 Å². The number of aromatic nitrogens is 2. The summed E-state index contributed by atoms with van der Waals surface area (Å²) in [6, 6.07) is 5.62. The maximum atomic E-state index is 11.9. The number of hydrogen-bond acceptors (Lipinski definition) is 5. The van der Waals surface area contributed by atoms with Crippen LogP contribution in [0.3, 0.4) is 0 Å². The van der Waals surface area contributed by atoms with E-state index in [1.807, 2.05) is 37.4 Å². The molecular formula is C15H14N2O3S. The number of hydrogen-bond donors (Lipinski definition) is 0. The molecule has 0 radical (unpaired) electrons. The van der Waals surface area contributed by atoms with E-state index in [0.717, 1.165) is 22.6 Å². The first-order valence-electron chi connectivity index (χ1n) is 6.39. The molecule has 0 fully saturated rings. The second-order valence-electron chi connectivity index (χ2n) is 4.65. The van der Waals surface area contributed by atoms with Crippen molar-refractivity contribution in [2.24, 2.45) is 0 Å². The Labute approximate surface area is 125 Å². The van der Waals surface area contributed by atoms with Crippen molar-refractivity contribution in [1.29, 1.82) is 0 Å². The predicted molar refractivity (Wildman–Crippen MR) is 80.0 cm³/mol. The Bertz CT molecular complexity index is 784. The quantitative estimate of drug-likeness (QED) is 0.694. The molecule has 0 unspecified atom stereocenters. The van der Waals surface area contributed by atoms with E-state index in [4.69, 9.17) is 9.15 Å². The van der Waals surface area contributed by atoms with E-state index in [-0.39, 0.29) is 5.97 Å². The van der Waals surface area contributed by atoms with E-state index in [9.17, 15) is 4.79 Å². The van der Waals surface area contributed by atoms with Crippen LogP contribution in [0.4, 0.5) is 0 Å². The van der Waals surface area contributed by atoms with Gasteiger partial charge in [0.1, 0.15) is 10.6 Å². The average Bonchev–Trinajstić information content (AvgIpc) is 3.16. The average molecular weight is 302 g/mol. The van der Waals surface area contributed by atoms with E-state index >= 15 is 0 Å². The van der Waals surface area contributed by atoms with Crippen molar-refractivity contribution >= 4 is 17.3 Å². The number of rotatable bonds is 3. The summed E-state index contributed by atoms with van der Waals surface area (Å²) in [5.41, 5.74) is 3.37. The number of aryl methyl sites for hydroxylation is 2. The van der Waals surface area contributed by atoms with Crippen LogP contribution in [0.1, 0.15) is 20.9 Å². The van der Waals surface area contributed by atoms with E-state index in [1.165, 1.54) is 18.4 Å². The van der Waals surface area contributed by atoms with Gasteiger partial charge in [-0.25, -0.2) is 9.48 Å². The fourth-order valence-electron chi connectivity index (χ4n) is 2.21. The molecule has 0 bridgehead atoms. The van der Waals surface area contributed by atoms with Gasteiger partial charge in [0, 0.05) is 0 Å². The maximum Gasteiger partial charge on any atom is 0.350 e.